The van der Waals surface area contributed by atoms with Crippen LogP contribution in [0, 0.1) is 28.6 Å². The molecule has 31 heavy (non-hydrogen) atoms. The monoisotopic (exact) mass is 422 g/mol. The Hall–Kier alpha value is -2.37. The van der Waals surface area contributed by atoms with Crippen LogP contribution in [-0.2, 0) is 0 Å². The van der Waals surface area contributed by atoms with Gasteiger partial charge in [-0.25, -0.2) is 4.98 Å². The number of hydrogen-bond donors (Lipinski definition) is 1. The number of carbonyl (C=O) groups is 2. The van der Waals surface area contributed by atoms with E-state index in [0.717, 1.165) is 44.3 Å². The molecule has 6 heteroatoms. The molecule has 3 fully saturated rings. The van der Waals surface area contributed by atoms with Crippen LogP contribution < -0.4 is 5.32 Å². The maximum Gasteiger partial charge on any atom is 0.274 e. The number of hydrogen-bond acceptors (Lipinski definition) is 3. The minimum atomic E-state index is -0.0944. The molecule has 2 aromatic heterocycles. The van der Waals surface area contributed by atoms with Gasteiger partial charge in [-0.15, -0.1) is 0 Å². The zero-order valence-corrected chi connectivity index (χ0v) is 19.1. The summed E-state index contributed by atoms with van der Waals surface area (Å²) in [5.74, 6) is 2.01. The SMILES string of the molecule is CC1(C)CCCN(C(=O)c2cn3c(C(=O)NCC4CCC5C4C5(C)C)cccc3n2)C1. The van der Waals surface area contributed by atoms with Gasteiger partial charge >= 0.3 is 0 Å². The first-order valence-electron chi connectivity index (χ1n) is 11.7. The third-order valence-corrected chi connectivity index (χ3v) is 8.15. The number of likely N-dealkylation sites (tertiary alicyclic amines) is 1. The third kappa shape index (κ3) is 3.54. The summed E-state index contributed by atoms with van der Waals surface area (Å²) in [7, 11) is 0. The fraction of sp³-hybridized carbons (Fsp3) is 0.640. The Morgan fingerprint density at radius 2 is 2.00 bits per heavy atom. The van der Waals surface area contributed by atoms with Crippen molar-refractivity contribution < 1.29 is 9.59 Å². The number of piperidine rings is 1. The number of carbonyl (C=O) groups excluding carboxylic acids is 2. The molecule has 0 spiro atoms. The van der Waals surface area contributed by atoms with Crippen LogP contribution in [0.4, 0.5) is 0 Å². The number of nitrogens with zero attached hydrogens (tertiary/aromatic N) is 3. The molecule has 3 unspecified atom stereocenters. The lowest BCUT2D eigenvalue weighted by Crippen LogP contribution is -2.43. The van der Waals surface area contributed by atoms with Gasteiger partial charge in [0.15, 0.2) is 0 Å². The molecule has 0 aromatic carbocycles. The van der Waals surface area contributed by atoms with Gasteiger partial charge in [-0.05, 0) is 66.4 Å². The standard InChI is InChI=1S/C25H34N4O2/c1-24(2)11-6-12-28(15-24)23(31)18-14-29-19(7-5-8-20(29)27-18)22(30)26-13-16-9-10-17-21(16)25(17,3)4/h5,7-8,14,16-17,21H,6,9-13,15H2,1-4H3,(H,26,30). The Balaban J connectivity index is 1.31. The van der Waals surface area contributed by atoms with Crippen molar-refractivity contribution in [2.75, 3.05) is 19.6 Å². The van der Waals surface area contributed by atoms with Crippen molar-refractivity contribution >= 4 is 17.5 Å². The highest BCUT2D eigenvalue weighted by atomic mass is 16.2. The molecule has 6 nitrogen and oxygen atoms in total. The van der Waals surface area contributed by atoms with Gasteiger partial charge in [0.1, 0.15) is 17.0 Å². The second-order valence-electron chi connectivity index (χ2n) is 11.3. The largest absolute Gasteiger partial charge is 0.350 e. The van der Waals surface area contributed by atoms with Crippen molar-refractivity contribution in [3.05, 3.63) is 35.8 Å². The average molecular weight is 423 g/mol. The Bertz CT molecular complexity index is 1040. The van der Waals surface area contributed by atoms with Crippen LogP contribution in [0.15, 0.2) is 24.4 Å². The number of fused-ring (bicyclic) bond motifs is 2. The first-order valence-corrected chi connectivity index (χ1v) is 11.7. The smallest absolute Gasteiger partial charge is 0.274 e. The van der Waals surface area contributed by atoms with Crippen molar-refractivity contribution in [3.63, 3.8) is 0 Å². The van der Waals surface area contributed by atoms with Crippen LogP contribution in [0.2, 0.25) is 0 Å². The fourth-order valence-corrected chi connectivity index (χ4v) is 6.45. The van der Waals surface area contributed by atoms with E-state index < -0.39 is 0 Å². The van der Waals surface area contributed by atoms with Crippen LogP contribution >= 0.6 is 0 Å². The lowest BCUT2D eigenvalue weighted by atomic mass is 9.84. The van der Waals surface area contributed by atoms with E-state index in [1.165, 1.54) is 12.8 Å². The maximum atomic E-state index is 13.1. The summed E-state index contributed by atoms with van der Waals surface area (Å²) in [5.41, 5.74) is 2.16. The van der Waals surface area contributed by atoms with Gasteiger partial charge in [0.2, 0.25) is 0 Å². The molecule has 3 atom stereocenters. The Morgan fingerprint density at radius 1 is 1.19 bits per heavy atom. The Kier molecular flexibility index (Phi) is 4.68. The van der Waals surface area contributed by atoms with Crippen molar-refractivity contribution in [2.45, 2.75) is 53.4 Å². The van der Waals surface area contributed by atoms with Crippen LogP contribution in [-0.4, -0.2) is 45.7 Å². The molecular formula is C25H34N4O2. The van der Waals surface area contributed by atoms with Crippen molar-refractivity contribution in [1.82, 2.24) is 19.6 Å². The molecule has 1 aliphatic heterocycles. The van der Waals surface area contributed by atoms with E-state index in [2.05, 4.69) is 38.0 Å². The summed E-state index contributed by atoms with van der Waals surface area (Å²) in [4.78, 5) is 32.5. The van der Waals surface area contributed by atoms with Gasteiger partial charge in [-0.2, -0.15) is 0 Å². The topological polar surface area (TPSA) is 66.7 Å². The quantitative estimate of drug-likeness (QED) is 0.810. The number of imidazole rings is 1. The highest BCUT2D eigenvalue weighted by Gasteiger charge is 2.63. The van der Waals surface area contributed by atoms with E-state index in [4.69, 9.17) is 0 Å². The lowest BCUT2D eigenvalue weighted by molar-refractivity contribution is 0.0578. The fourth-order valence-electron chi connectivity index (χ4n) is 6.45. The summed E-state index contributed by atoms with van der Waals surface area (Å²) < 4.78 is 1.76. The van der Waals surface area contributed by atoms with Gasteiger partial charge in [-0.1, -0.05) is 33.8 Å². The van der Waals surface area contributed by atoms with Crippen molar-refractivity contribution in [1.29, 1.82) is 0 Å². The first kappa shape index (κ1) is 20.5. The molecule has 0 radical (unpaired) electrons. The highest BCUT2D eigenvalue weighted by molar-refractivity contribution is 5.95. The number of pyridine rings is 1. The Labute approximate surface area is 184 Å². The van der Waals surface area contributed by atoms with E-state index in [1.54, 1.807) is 16.7 Å². The molecule has 2 saturated carbocycles. The Morgan fingerprint density at radius 3 is 2.71 bits per heavy atom. The minimum absolute atomic E-state index is 0.0456. The lowest BCUT2D eigenvalue weighted by Gasteiger charge is -2.37. The van der Waals surface area contributed by atoms with E-state index in [9.17, 15) is 9.59 Å². The van der Waals surface area contributed by atoms with Gasteiger partial charge in [0.25, 0.3) is 11.8 Å². The van der Waals surface area contributed by atoms with Crippen LogP contribution in [0.3, 0.4) is 0 Å². The molecule has 2 aromatic rings. The van der Waals surface area contributed by atoms with Crippen LogP contribution in [0.1, 0.15) is 74.4 Å². The number of nitrogens with one attached hydrogen (secondary N) is 1. The zero-order valence-electron chi connectivity index (χ0n) is 19.1. The van der Waals surface area contributed by atoms with Gasteiger partial charge in [0, 0.05) is 25.8 Å². The summed E-state index contributed by atoms with van der Waals surface area (Å²) in [5, 5.41) is 3.16. The second kappa shape index (κ2) is 7.07. The molecule has 5 rings (SSSR count). The molecule has 0 bridgehead atoms. The van der Waals surface area contributed by atoms with Gasteiger partial charge < -0.3 is 10.2 Å². The number of amides is 2. The van der Waals surface area contributed by atoms with Gasteiger partial charge in [-0.3, -0.25) is 14.0 Å². The van der Waals surface area contributed by atoms with Crippen molar-refractivity contribution in [3.8, 4) is 0 Å². The molecule has 166 valence electrons. The van der Waals surface area contributed by atoms with E-state index in [1.807, 2.05) is 17.0 Å². The zero-order chi connectivity index (χ0) is 22.0. The van der Waals surface area contributed by atoms with E-state index >= 15 is 0 Å². The molecule has 1 N–H and O–H groups in total. The summed E-state index contributed by atoms with van der Waals surface area (Å²) in [6.07, 6.45) is 6.36. The van der Waals surface area contributed by atoms with Crippen LogP contribution in [0.25, 0.3) is 5.65 Å². The normalized spacial score (nSPS) is 28.4. The molecule has 3 heterocycles. The van der Waals surface area contributed by atoms with E-state index in [0.29, 0.717) is 28.4 Å². The average Bonchev–Trinajstić information content (AvgIpc) is 3.12. The van der Waals surface area contributed by atoms with Gasteiger partial charge in [0.05, 0.1) is 0 Å². The number of aromatic nitrogens is 2. The minimum Gasteiger partial charge on any atom is -0.350 e. The van der Waals surface area contributed by atoms with E-state index in [-0.39, 0.29) is 17.2 Å². The highest BCUT2D eigenvalue weighted by Crippen LogP contribution is 2.68. The van der Waals surface area contributed by atoms with Crippen LogP contribution in [0.5, 0.6) is 0 Å². The maximum absolute atomic E-state index is 13.1. The second-order valence-corrected chi connectivity index (χ2v) is 11.3. The molecular weight excluding hydrogens is 388 g/mol. The third-order valence-electron chi connectivity index (χ3n) is 8.15. The number of rotatable bonds is 4. The molecule has 3 aliphatic rings. The molecule has 2 aliphatic carbocycles. The summed E-state index contributed by atoms with van der Waals surface area (Å²) >= 11 is 0. The predicted octanol–water partition coefficient (Wildman–Crippen LogP) is 4.01. The molecule has 1 saturated heterocycles. The first-order chi connectivity index (χ1) is 14.7. The predicted molar refractivity (Wildman–Crippen MR) is 120 cm³/mol. The molecule has 2 amide bonds. The summed E-state index contributed by atoms with van der Waals surface area (Å²) in [6, 6.07) is 5.49. The summed E-state index contributed by atoms with van der Waals surface area (Å²) in [6.45, 7) is 11.3. The van der Waals surface area contributed by atoms with Crippen molar-refractivity contribution in [2.24, 2.45) is 28.6 Å².